The maximum absolute atomic E-state index is 13.9. The normalized spacial score (nSPS) is 17.3. The van der Waals surface area contributed by atoms with E-state index in [9.17, 15) is 106 Å². The zero-order valence-electron chi connectivity index (χ0n) is 21.0. The summed E-state index contributed by atoms with van der Waals surface area (Å²) < 4.78 is 291. The van der Waals surface area contributed by atoms with Gasteiger partial charge in [-0.25, -0.2) is 9.59 Å². The molecule has 0 aromatic carbocycles. The molecule has 0 heterocycles. The van der Waals surface area contributed by atoms with Gasteiger partial charge in [0.25, 0.3) is 0 Å². The van der Waals surface area contributed by atoms with E-state index in [2.05, 4.69) is 9.47 Å². The van der Waals surface area contributed by atoms with E-state index >= 15 is 0 Å². The van der Waals surface area contributed by atoms with E-state index in [0.717, 1.165) is 0 Å². The first kappa shape index (κ1) is 43.3. The van der Waals surface area contributed by atoms with E-state index in [1.54, 1.807) is 0 Å². The van der Waals surface area contributed by atoms with Gasteiger partial charge in [0.1, 0.15) is 0 Å². The Morgan fingerprint density at radius 1 is 0.370 bits per heavy atom. The quantitative estimate of drug-likeness (QED) is 0.0974. The smallest absolute Gasteiger partial charge is 0.461 e. The summed E-state index contributed by atoms with van der Waals surface area (Å²) in [6.07, 6.45) is -46.5. The van der Waals surface area contributed by atoms with Crippen LogP contribution in [0, 0.1) is 0 Å². The number of alkyl halides is 22. The molecule has 0 aliphatic heterocycles. The lowest BCUT2D eigenvalue weighted by molar-refractivity contribution is -0.475. The van der Waals surface area contributed by atoms with E-state index in [4.69, 9.17) is 0 Å². The maximum atomic E-state index is 13.9. The van der Waals surface area contributed by atoms with Crippen LogP contribution in [0.15, 0.2) is 0 Å². The van der Waals surface area contributed by atoms with Crippen molar-refractivity contribution >= 4 is 11.9 Å². The second kappa shape index (κ2) is 13.4. The van der Waals surface area contributed by atoms with E-state index in [0.29, 0.717) is 0 Å². The van der Waals surface area contributed by atoms with E-state index in [-0.39, 0.29) is 0 Å². The van der Waals surface area contributed by atoms with Crippen molar-refractivity contribution < 1.29 is 125 Å². The molecule has 0 N–H and O–H groups in total. The molecule has 0 aliphatic rings. The van der Waals surface area contributed by atoms with Gasteiger partial charge in [0.2, 0.25) is 0 Å². The van der Waals surface area contributed by atoms with Crippen LogP contribution in [0.25, 0.3) is 0 Å². The van der Waals surface area contributed by atoms with E-state index < -0.39 is 111 Å². The third kappa shape index (κ3) is 9.02. The second-order valence-electron chi connectivity index (χ2n) is 8.25. The van der Waals surface area contributed by atoms with Gasteiger partial charge in [-0.3, -0.25) is 9.47 Å². The molecule has 28 heteroatoms. The lowest BCUT2D eigenvalue weighted by Gasteiger charge is -2.33. The van der Waals surface area contributed by atoms with Crippen LogP contribution in [0.2, 0.25) is 0 Å². The monoisotopic (exact) mass is 742 g/mol. The van der Waals surface area contributed by atoms with Crippen molar-refractivity contribution in [2.75, 3.05) is 13.2 Å². The van der Waals surface area contributed by atoms with Crippen LogP contribution in [0.5, 0.6) is 0 Å². The van der Waals surface area contributed by atoms with Crippen molar-refractivity contribution in [3.05, 3.63) is 0 Å². The van der Waals surface area contributed by atoms with Crippen molar-refractivity contribution in [3.8, 4) is 0 Å². The highest BCUT2D eigenvalue weighted by Crippen LogP contribution is 2.52. The lowest BCUT2D eigenvalue weighted by atomic mass is 10.2. The molecule has 0 aromatic rings. The molecule has 0 rings (SSSR count). The van der Waals surface area contributed by atoms with Crippen LogP contribution in [-0.2, 0) is 28.5 Å². The molecule has 2 atom stereocenters. The van der Waals surface area contributed by atoms with Crippen molar-refractivity contribution in [2.24, 2.45) is 0 Å². The first-order chi connectivity index (χ1) is 20.0. The van der Waals surface area contributed by atoms with Crippen molar-refractivity contribution in [1.29, 1.82) is 0 Å². The van der Waals surface area contributed by atoms with E-state index in [1.807, 2.05) is 9.47 Å². The number of hydrogen-bond donors (Lipinski definition) is 0. The third-order valence-corrected chi connectivity index (χ3v) is 4.74. The van der Waals surface area contributed by atoms with E-state index in [1.165, 1.54) is 0 Å². The Balaban J connectivity index is 5.21. The van der Waals surface area contributed by atoms with Gasteiger partial charge in [0.15, 0.2) is 0 Å². The average Bonchev–Trinajstić information content (AvgIpc) is 2.81. The van der Waals surface area contributed by atoms with Gasteiger partial charge in [0, 0.05) is 0 Å². The Hall–Kier alpha value is -2.68. The molecule has 0 amide bonds. The first-order valence-corrected chi connectivity index (χ1v) is 10.9. The highest BCUT2D eigenvalue weighted by atomic mass is 19.4. The predicted molar refractivity (Wildman–Crippen MR) is 94.2 cm³/mol. The van der Waals surface area contributed by atoms with Gasteiger partial charge in [0.05, 0.1) is 13.2 Å². The average molecular weight is 742 g/mol. The maximum Gasteiger partial charge on any atom is 0.462 e. The number of hydrogen-bond acceptors (Lipinski definition) is 6. The molecule has 2 unspecified atom stereocenters. The summed E-state index contributed by atoms with van der Waals surface area (Å²) in [5, 5.41) is 0. The van der Waals surface area contributed by atoms with Crippen LogP contribution < -0.4 is 0 Å². The van der Waals surface area contributed by atoms with Crippen molar-refractivity contribution in [1.82, 2.24) is 0 Å². The fraction of sp³-hybridized carbons (Fsp3) is 0.889. The van der Waals surface area contributed by atoms with Crippen LogP contribution in [-0.4, -0.2) is 85.6 Å². The summed E-state index contributed by atoms with van der Waals surface area (Å²) in [5.41, 5.74) is 0. The molecule has 0 spiro atoms. The lowest BCUT2D eigenvalue weighted by Crippen LogP contribution is -2.61. The molecule has 0 radical (unpaired) electrons. The van der Waals surface area contributed by atoms with Gasteiger partial charge in [-0.05, 0) is 25.7 Å². The molecule has 46 heavy (non-hydrogen) atoms. The third-order valence-electron chi connectivity index (χ3n) is 4.74. The summed E-state index contributed by atoms with van der Waals surface area (Å²) >= 11 is 0. The molecule has 0 saturated carbocycles. The van der Waals surface area contributed by atoms with Crippen LogP contribution in [0.3, 0.4) is 0 Å². The molecular weight excluding hydrogens is 730 g/mol. The van der Waals surface area contributed by atoms with Gasteiger partial charge >= 0.3 is 72.4 Å². The van der Waals surface area contributed by atoms with Crippen molar-refractivity contribution in [2.45, 2.75) is 86.2 Å². The number of unbranched alkanes of at least 4 members (excludes halogenated alkanes) is 3. The number of carbonyl (C=O) groups is 2. The minimum Gasteiger partial charge on any atom is -0.461 e. The Morgan fingerprint density at radius 2 is 0.609 bits per heavy atom. The minimum absolute atomic E-state index is 0.619. The molecule has 6 nitrogen and oxygen atoms in total. The van der Waals surface area contributed by atoms with Gasteiger partial charge in [-0.1, -0.05) is 0 Å². The number of halogens is 22. The van der Waals surface area contributed by atoms with Crippen LogP contribution in [0.1, 0.15) is 25.7 Å². The Morgan fingerprint density at radius 3 is 0.804 bits per heavy atom. The van der Waals surface area contributed by atoms with Gasteiger partial charge in [-0.15, -0.1) is 0 Å². The molecule has 274 valence electrons. The molecule has 0 fully saturated rings. The number of rotatable bonds is 15. The fourth-order valence-electron chi connectivity index (χ4n) is 2.32. The molecule has 0 saturated heterocycles. The highest BCUT2D eigenvalue weighted by molar-refractivity contribution is 5.79. The fourth-order valence-corrected chi connectivity index (χ4v) is 2.32. The number of ether oxygens (including phenoxy) is 4. The summed E-state index contributed by atoms with van der Waals surface area (Å²) in [4.78, 5) is 22.6. The predicted octanol–water partition coefficient (Wildman–Crippen LogP) is 7.70. The van der Waals surface area contributed by atoms with Crippen LogP contribution >= 0.6 is 0 Å². The molecule has 0 aromatic heterocycles. The number of esters is 2. The Kier molecular flexibility index (Phi) is 12.7. The molecule has 0 bridgehead atoms. The van der Waals surface area contributed by atoms with Gasteiger partial charge < -0.3 is 9.47 Å². The van der Waals surface area contributed by atoms with Crippen molar-refractivity contribution in [3.63, 3.8) is 0 Å². The summed E-state index contributed by atoms with van der Waals surface area (Å²) in [6.45, 7) is -3.05. The van der Waals surface area contributed by atoms with Gasteiger partial charge in [-0.2, -0.15) is 96.6 Å². The minimum atomic E-state index is -7.49. The second-order valence-corrected chi connectivity index (χ2v) is 8.25. The summed E-state index contributed by atoms with van der Waals surface area (Å²) in [7, 11) is 0. The van der Waals surface area contributed by atoms with Crippen LogP contribution in [0.4, 0.5) is 96.6 Å². The zero-order valence-corrected chi connectivity index (χ0v) is 21.0. The molecular formula is C18H12F22O6. The Labute approximate surface area is 237 Å². The standard InChI is InChI=1S/C18H12F22O6/c19-9(13(25,26)27,45-17(37,38)11(21,22)15(31,32)33)7(41)43-5-3-1-2-4-6-44-8(42)10(20,14(28,29)30)46-18(39,40)12(23,24)16(34,35)36/h1-6H2. The topological polar surface area (TPSA) is 71.1 Å². The first-order valence-electron chi connectivity index (χ1n) is 10.9. The zero-order chi connectivity index (χ0) is 37.2. The summed E-state index contributed by atoms with van der Waals surface area (Å²) in [5.74, 6) is -35.5. The largest absolute Gasteiger partial charge is 0.462 e. The summed E-state index contributed by atoms with van der Waals surface area (Å²) in [6, 6.07) is 0. The Bertz CT molecular complexity index is 964. The highest BCUT2D eigenvalue weighted by Gasteiger charge is 2.81. The molecule has 0 aliphatic carbocycles. The number of carbonyl (C=O) groups excluding carboxylic acids is 2. The SMILES string of the molecule is O=C(OCCCCCCOC(=O)C(F)(OC(F)(F)C(F)(F)C(F)(F)F)C(F)(F)F)C(F)(OC(F)(F)C(F)(F)C(F)(F)F)C(F)(F)F.